The molecule has 1 saturated heterocycles. The molecule has 1 unspecified atom stereocenters. The van der Waals surface area contributed by atoms with E-state index in [0.717, 1.165) is 33.5 Å². The Bertz CT molecular complexity index is 1350. The first-order valence-corrected chi connectivity index (χ1v) is 13.7. The zero-order valence-corrected chi connectivity index (χ0v) is 20.0. The normalized spacial score (nSPS) is 17.4. The number of benzene rings is 2. The zero-order chi connectivity index (χ0) is 22.8. The predicted molar refractivity (Wildman–Crippen MR) is 130 cm³/mol. The van der Waals surface area contributed by atoms with E-state index in [1.165, 1.54) is 0 Å². The van der Waals surface area contributed by atoms with Gasteiger partial charge in [0.05, 0.1) is 22.9 Å². The first-order valence-electron chi connectivity index (χ1n) is 10.9. The highest BCUT2D eigenvalue weighted by molar-refractivity contribution is 7.98. The highest BCUT2D eigenvalue weighted by Crippen LogP contribution is 2.30. The minimum atomic E-state index is -2.89. The lowest BCUT2D eigenvalue weighted by molar-refractivity contribution is 0.552. The van der Waals surface area contributed by atoms with Crippen molar-refractivity contribution in [3.8, 4) is 16.9 Å². The van der Waals surface area contributed by atoms with Crippen molar-refractivity contribution in [2.75, 3.05) is 11.5 Å². The molecule has 0 aliphatic carbocycles. The van der Waals surface area contributed by atoms with Crippen molar-refractivity contribution in [2.45, 2.75) is 23.8 Å². The van der Waals surface area contributed by atoms with Gasteiger partial charge in [0.25, 0.3) is 0 Å². The molecule has 1 aliphatic rings. The molecular weight excluding hydrogens is 454 g/mol. The molecule has 1 fully saturated rings. The first kappa shape index (κ1) is 21.9. The van der Waals surface area contributed by atoms with Gasteiger partial charge in [0, 0.05) is 36.5 Å². The highest BCUT2D eigenvalue weighted by Gasteiger charge is 2.29. The fourth-order valence-corrected chi connectivity index (χ4v) is 6.90. The summed E-state index contributed by atoms with van der Waals surface area (Å²) < 4.78 is 27.5. The van der Waals surface area contributed by atoms with Gasteiger partial charge in [0.2, 0.25) is 0 Å². The van der Waals surface area contributed by atoms with Crippen LogP contribution in [0.25, 0.3) is 16.9 Å². The molecule has 0 bridgehead atoms. The molecule has 0 spiro atoms. The number of sulfone groups is 1. The number of thioether (sulfide) groups is 1. The van der Waals surface area contributed by atoms with Crippen LogP contribution in [0.1, 0.15) is 17.8 Å². The van der Waals surface area contributed by atoms with E-state index in [-0.39, 0.29) is 17.4 Å². The maximum absolute atomic E-state index is 11.8. The zero-order valence-electron chi connectivity index (χ0n) is 18.3. The van der Waals surface area contributed by atoms with E-state index < -0.39 is 9.84 Å². The molecule has 5 rings (SSSR count). The van der Waals surface area contributed by atoms with Crippen LogP contribution in [0, 0.1) is 5.92 Å². The largest absolute Gasteiger partial charge is 0.309 e. The summed E-state index contributed by atoms with van der Waals surface area (Å²) in [5.41, 5.74) is 4.15. The molecule has 2 aromatic heterocycles. The van der Waals surface area contributed by atoms with Crippen LogP contribution < -0.4 is 0 Å². The summed E-state index contributed by atoms with van der Waals surface area (Å²) in [6.45, 7) is 0. The summed E-state index contributed by atoms with van der Waals surface area (Å²) in [7, 11) is -0.941. The van der Waals surface area contributed by atoms with Crippen LogP contribution >= 0.6 is 11.8 Å². The van der Waals surface area contributed by atoms with Crippen LogP contribution in [0.3, 0.4) is 0 Å². The van der Waals surface area contributed by atoms with Crippen LogP contribution in [0.4, 0.5) is 0 Å². The number of aromatic nitrogens is 5. The third-order valence-electron chi connectivity index (χ3n) is 5.94. The first-order chi connectivity index (χ1) is 16.0. The van der Waals surface area contributed by atoms with Gasteiger partial charge in [0.15, 0.2) is 15.0 Å². The number of hydrogen-bond donors (Lipinski definition) is 0. The quantitative estimate of drug-likeness (QED) is 0.374. The average Bonchev–Trinajstić information content (AvgIpc) is 3.51. The molecule has 2 aromatic carbocycles. The fraction of sp³-hybridized carbons (Fsp3) is 0.292. The summed E-state index contributed by atoms with van der Waals surface area (Å²) in [6, 6.07) is 20.3. The van der Waals surface area contributed by atoms with Crippen LogP contribution in [-0.4, -0.2) is 44.5 Å². The van der Waals surface area contributed by atoms with E-state index in [9.17, 15) is 8.42 Å². The molecule has 0 amide bonds. The Kier molecular flexibility index (Phi) is 6.07. The van der Waals surface area contributed by atoms with Crippen LogP contribution in [0.15, 0.2) is 72.0 Å². The van der Waals surface area contributed by atoms with Crippen molar-refractivity contribution in [2.24, 2.45) is 13.0 Å². The lowest BCUT2D eigenvalue weighted by Crippen LogP contribution is -2.11. The van der Waals surface area contributed by atoms with E-state index in [1.807, 2.05) is 64.8 Å². The molecule has 0 saturated carbocycles. The average molecular weight is 480 g/mol. The lowest BCUT2D eigenvalue weighted by Gasteiger charge is -2.07. The maximum Gasteiger partial charge on any atom is 0.191 e. The SMILES string of the molecule is Cn1c(CC2CCS(=O)(=O)C2)nnc1SCc1cn(-c2ccccc2)nc1-c1ccccc1. The van der Waals surface area contributed by atoms with E-state index >= 15 is 0 Å². The smallest absolute Gasteiger partial charge is 0.191 e. The molecule has 9 heteroatoms. The molecule has 1 atom stereocenters. The Hall–Kier alpha value is -2.91. The van der Waals surface area contributed by atoms with Gasteiger partial charge in [-0.3, -0.25) is 0 Å². The number of para-hydroxylation sites is 1. The van der Waals surface area contributed by atoms with Gasteiger partial charge in [-0.25, -0.2) is 13.1 Å². The third-order valence-corrected chi connectivity index (χ3v) is 8.84. The Balaban J connectivity index is 1.36. The van der Waals surface area contributed by atoms with Gasteiger partial charge in [-0.2, -0.15) is 5.10 Å². The van der Waals surface area contributed by atoms with Crippen LogP contribution in [0.5, 0.6) is 0 Å². The van der Waals surface area contributed by atoms with E-state index in [2.05, 4.69) is 28.5 Å². The summed E-state index contributed by atoms with van der Waals surface area (Å²) in [6.07, 6.45) is 3.42. The van der Waals surface area contributed by atoms with Crippen molar-refractivity contribution < 1.29 is 8.42 Å². The molecular formula is C24H25N5O2S2. The highest BCUT2D eigenvalue weighted by atomic mass is 32.2. The second kappa shape index (κ2) is 9.15. The molecule has 1 aliphatic heterocycles. The summed E-state index contributed by atoms with van der Waals surface area (Å²) in [5, 5.41) is 14.4. The van der Waals surface area contributed by atoms with Crippen molar-refractivity contribution >= 4 is 21.6 Å². The minimum Gasteiger partial charge on any atom is -0.309 e. The Morgan fingerprint density at radius 3 is 2.45 bits per heavy atom. The summed E-state index contributed by atoms with van der Waals surface area (Å²) in [4.78, 5) is 0. The number of hydrogen-bond acceptors (Lipinski definition) is 6. The Morgan fingerprint density at radius 2 is 1.76 bits per heavy atom. The van der Waals surface area contributed by atoms with Gasteiger partial charge in [-0.1, -0.05) is 60.3 Å². The third kappa shape index (κ3) is 4.89. The van der Waals surface area contributed by atoms with Crippen molar-refractivity contribution in [3.05, 3.63) is 78.2 Å². The second-order valence-corrected chi connectivity index (χ2v) is 11.5. The van der Waals surface area contributed by atoms with Crippen molar-refractivity contribution in [1.29, 1.82) is 0 Å². The molecule has 170 valence electrons. The molecule has 3 heterocycles. The Morgan fingerprint density at radius 1 is 1.03 bits per heavy atom. The van der Waals surface area contributed by atoms with Crippen molar-refractivity contribution in [3.63, 3.8) is 0 Å². The van der Waals surface area contributed by atoms with Gasteiger partial charge in [-0.05, 0) is 24.5 Å². The standard InChI is InChI=1S/C24H25N5O2S2/c1-28-22(14-18-12-13-33(30,31)17-18)25-26-24(28)32-16-20-15-29(21-10-6-3-7-11-21)27-23(20)19-8-4-2-5-9-19/h2-11,15,18H,12-14,16-17H2,1H3. The molecule has 4 aromatic rings. The number of rotatable bonds is 7. The predicted octanol–water partition coefficient (Wildman–Crippen LogP) is 3.94. The van der Waals surface area contributed by atoms with Gasteiger partial charge in [0.1, 0.15) is 5.82 Å². The lowest BCUT2D eigenvalue weighted by atomic mass is 10.1. The summed E-state index contributed by atoms with van der Waals surface area (Å²) >= 11 is 1.61. The Labute approximate surface area is 197 Å². The van der Waals surface area contributed by atoms with Gasteiger partial charge >= 0.3 is 0 Å². The second-order valence-electron chi connectivity index (χ2n) is 8.37. The maximum atomic E-state index is 11.8. The van der Waals surface area contributed by atoms with E-state index in [0.29, 0.717) is 18.6 Å². The monoisotopic (exact) mass is 479 g/mol. The van der Waals surface area contributed by atoms with Gasteiger partial charge in [-0.15, -0.1) is 10.2 Å². The fourth-order valence-electron chi connectivity index (χ4n) is 4.15. The van der Waals surface area contributed by atoms with Crippen LogP contribution in [-0.2, 0) is 29.1 Å². The van der Waals surface area contributed by atoms with Crippen LogP contribution in [0.2, 0.25) is 0 Å². The molecule has 33 heavy (non-hydrogen) atoms. The van der Waals surface area contributed by atoms with Crippen molar-refractivity contribution in [1.82, 2.24) is 24.5 Å². The number of nitrogens with zero attached hydrogens (tertiary/aromatic N) is 5. The summed E-state index contributed by atoms with van der Waals surface area (Å²) in [5.74, 6) is 2.19. The molecule has 7 nitrogen and oxygen atoms in total. The van der Waals surface area contributed by atoms with Gasteiger partial charge < -0.3 is 4.57 Å². The molecule has 0 N–H and O–H groups in total. The minimum absolute atomic E-state index is 0.129. The topological polar surface area (TPSA) is 82.7 Å². The molecule has 0 radical (unpaired) electrons. The van der Waals surface area contributed by atoms with E-state index in [1.54, 1.807) is 11.8 Å². The van der Waals surface area contributed by atoms with E-state index in [4.69, 9.17) is 5.10 Å².